The van der Waals surface area contributed by atoms with E-state index in [0.29, 0.717) is 65.1 Å². The number of hydrogen-bond donors (Lipinski definition) is 3. The van der Waals surface area contributed by atoms with E-state index in [9.17, 15) is 20.0 Å². The number of aliphatic carboxylic acids is 1. The Morgan fingerprint density at radius 3 is 2.45 bits per heavy atom. The summed E-state index contributed by atoms with van der Waals surface area (Å²) >= 11 is 6.70. The van der Waals surface area contributed by atoms with Crippen molar-refractivity contribution in [3.8, 4) is 28.7 Å². The maximum atomic E-state index is 13.4. The third-order valence-electron chi connectivity index (χ3n) is 8.49. The molecule has 0 bridgehead atoms. The summed E-state index contributed by atoms with van der Waals surface area (Å²) in [5.41, 5.74) is 12.8. The van der Waals surface area contributed by atoms with Crippen molar-refractivity contribution in [2.75, 3.05) is 32.8 Å². The molecule has 3 aromatic carbocycles. The molecule has 4 N–H and O–H groups in total. The first kappa shape index (κ1) is 35.3. The number of morpholine rings is 1. The average Bonchev–Trinajstić information content (AvgIpc) is 3.11. The Hall–Kier alpha value is -4.99. The molecule has 254 valence electrons. The number of amides is 1. The molecule has 1 fully saturated rings. The zero-order valence-electron chi connectivity index (χ0n) is 27.4. The van der Waals surface area contributed by atoms with Gasteiger partial charge in [-0.25, -0.2) is 0 Å². The number of nitrogens with zero attached hydrogens (tertiary/aromatic N) is 3. The van der Waals surface area contributed by atoms with E-state index >= 15 is 0 Å². The van der Waals surface area contributed by atoms with E-state index in [0.717, 1.165) is 27.8 Å². The van der Waals surface area contributed by atoms with E-state index < -0.39 is 12.0 Å². The quantitative estimate of drug-likeness (QED) is 0.175. The summed E-state index contributed by atoms with van der Waals surface area (Å²) in [6.45, 7) is 6.54. The van der Waals surface area contributed by atoms with Crippen LogP contribution in [0.5, 0.6) is 11.5 Å². The first-order valence-corrected chi connectivity index (χ1v) is 16.2. The van der Waals surface area contributed by atoms with Gasteiger partial charge in [0, 0.05) is 61.3 Å². The lowest BCUT2D eigenvalue weighted by Crippen LogP contribution is -2.42. The summed E-state index contributed by atoms with van der Waals surface area (Å²) in [6.07, 6.45) is 3.07. The molecule has 5 rings (SSSR count). The Kier molecular flexibility index (Phi) is 11.8. The lowest BCUT2D eigenvalue weighted by atomic mass is 9.91. The molecule has 1 unspecified atom stereocenters. The molecule has 1 amide bonds. The number of carboxylic acid groups (broad SMARTS) is 1. The number of nitriles is 1. The number of nitrogens with two attached hydrogens (primary N) is 1. The second-order valence-corrected chi connectivity index (χ2v) is 12.0. The molecule has 1 atom stereocenters. The van der Waals surface area contributed by atoms with Crippen LogP contribution < -0.4 is 20.5 Å². The maximum Gasteiger partial charge on any atom is 0.322 e. The summed E-state index contributed by atoms with van der Waals surface area (Å²) in [5.74, 6) is -0.282. The number of nitrogens with one attached hydrogen (secondary N) is 1. The Morgan fingerprint density at radius 1 is 1.02 bits per heavy atom. The number of carbonyl (C=O) groups excluding carboxylic acids is 1. The minimum atomic E-state index is -1.07. The summed E-state index contributed by atoms with van der Waals surface area (Å²) in [4.78, 5) is 30.8. The van der Waals surface area contributed by atoms with Crippen molar-refractivity contribution in [1.29, 1.82) is 5.26 Å². The zero-order valence-corrected chi connectivity index (χ0v) is 28.1. The van der Waals surface area contributed by atoms with Gasteiger partial charge >= 0.3 is 5.97 Å². The van der Waals surface area contributed by atoms with Gasteiger partial charge < -0.3 is 30.0 Å². The lowest BCUT2D eigenvalue weighted by molar-refractivity contribution is -0.139. The monoisotopic (exact) mass is 683 g/mol. The Labute approximate surface area is 290 Å². The third-order valence-corrected chi connectivity index (χ3v) is 8.78. The normalized spacial score (nSPS) is 13.4. The average molecular weight is 684 g/mol. The minimum absolute atomic E-state index is 0.00152. The zero-order chi connectivity index (χ0) is 34.9. The van der Waals surface area contributed by atoms with E-state index in [1.807, 2.05) is 55.1 Å². The van der Waals surface area contributed by atoms with Gasteiger partial charge in [-0.2, -0.15) is 5.26 Å². The second-order valence-electron chi connectivity index (χ2n) is 11.6. The molecule has 49 heavy (non-hydrogen) atoms. The number of benzene rings is 3. The van der Waals surface area contributed by atoms with Crippen molar-refractivity contribution in [2.45, 2.75) is 39.6 Å². The van der Waals surface area contributed by atoms with Gasteiger partial charge in [-0.3, -0.25) is 19.9 Å². The molecule has 2 heterocycles. The topological polar surface area (TPSA) is 160 Å². The van der Waals surface area contributed by atoms with Crippen LogP contribution in [0, 0.1) is 25.2 Å². The number of carboxylic acids is 1. The van der Waals surface area contributed by atoms with Crippen molar-refractivity contribution < 1.29 is 28.9 Å². The van der Waals surface area contributed by atoms with Gasteiger partial charge in [0.2, 0.25) is 0 Å². The molecule has 12 heteroatoms. The SMILES string of the molecule is Cc1c(COc2cc(OCc3cncc(C#N)c3)c(CNC(CN)C(=O)O)cc2Cl)cccc1-c1cccc(C(=O)N2CCOCC2)c1C. The number of carbonyl (C=O) groups is 2. The largest absolute Gasteiger partial charge is 0.488 e. The third kappa shape index (κ3) is 8.54. The Bertz CT molecular complexity index is 1870. The maximum absolute atomic E-state index is 13.4. The summed E-state index contributed by atoms with van der Waals surface area (Å²) in [7, 11) is 0. The van der Waals surface area contributed by atoms with Crippen LogP contribution in [0.25, 0.3) is 11.1 Å². The van der Waals surface area contributed by atoms with E-state index in [-0.39, 0.29) is 32.2 Å². The van der Waals surface area contributed by atoms with Crippen LogP contribution in [-0.4, -0.2) is 65.8 Å². The van der Waals surface area contributed by atoms with Crippen LogP contribution >= 0.6 is 11.6 Å². The highest BCUT2D eigenvalue weighted by molar-refractivity contribution is 6.32. The van der Waals surface area contributed by atoms with Gasteiger partial charge in [0.25, 0.3) is 5.91 Å². The summed E-state index contributed by atoms with van der Waals surface area (Å²) < 4.78 is 17.8. The van der Waals surface area contributed by atoms with Crippen molar-refractivity contribution in [3.05, 3.63) is 111 Å². The number of aromatic nitrogens is 1. The number of halogens is 1. The van der Waals surface area contributed by atoms with Crippen molar-refractivity contribution in [1.82, 2.24) is 15.2 Å². The van der Waals surface area contributed by atoms with Gasteiger partial charge in [0.15, 0.2) is 0 Å². The molecule has 0 saturated carbocycles. The molecular weight excluding hydrogens is 646 g/mol. The highest BCUT2D eigenvalue weighted by Gasteiger charge is 2.22. The number of ether oxygens (including phenoxy) is 3. The number of hydrogen-bond acceptors (Lipinski definition) is 9. The van der Waals surface area contributed by atoms with Gasteiger partial charge in [0.05, 0.1) is 23.8 Å². The van der Waals surface area contributed by atoms with Crippen molar-refractivity contribution in [3.63, 3.8) is 0 Å². The molecule has 1 saturated heterocycles. The van der Waals surface area contributed by atoms with Gasteiger partial charge in [0.1, 0.15) is 36.8 Å². The Morgan fingerprint density at radius 2 is 1.73 bits per heavy atom. The smallest absolute Gasteiger partial charge is 0.322 e. The first-order chi connectivity index (χ1) is 23.7. The Balaban J connectivity index is 1.38. The van der Waals surface area contributed by atoms with Gasteiger partial charge in [-0.1, -0.05) is 41.9 Å². The number of pyridine rings is 1. The van der Waals surface area contributed by atoms with Gasteiger partial charge in [-0.05, 0) is 59.9 Å². The molecule has 0 spiro atoms. The van der Waals surface area contributed by atoms with Crippen LogP contribution in [0.4, 0.5) is 0 Å². The fourth-order valence-electron chi connectivity index (χ4n) is 5.64. The van der Waals surface area contributed by atoms with E-state index in [1.54, 1.807) is 24.4 Å². The standard InChI is InChI=1S/C37H38ClN5O6/c1-23-27(5-3-6-29(23)30-7-4-8-31(24(30)2)36(44)43-9-11-47-12-10-43)22-49-35-15-34(48-21-26-13-25(16-39)18-41-19-26)28(14-32(35)38)20-42-33(17-40)37(45)46/h3-8,13-15,18-19,33,42H,9-12,17,20-22,40H2,1-2H3,(H,45,46). The fourth-order valence-corrected chi connectivity index (χ4v) is 5.88. The summed E-state index contributed by atoms with van der Waals surface area (Å²) in [6, 6.07) is 17.9. The molecular formula is C37H38ClN5O6. The highest BCUT2D eigenvalue weighted by Crippen LogP contribution is 2.35. The number of rotatable bonds is 13. The van der Waals surface area contributed by atoms with E-state index in [4.69, 9.17) is 31.5 Å². The summed E-state index contributed by atoms with van der Waals surface area (Å²) in [5, 5.41) is 21.9. The minimum Gasteiger partial charge on any atom is -0.488 e. The first-order valence-electron chi connectivity index (χ1n) is 15.8. The molecule has 1 aliphatic heterocycles. The van der Waals surface area contributed by atoms with Crippen LogP contribution in [0.2, 0.25) is 5.02 Å². The van der Waals surface area contributed by atoms with Crippen molar-refractivity contribution in [2.24, 2.45) is 5.73 Å². The van der Waals surface area contributed by atoms with Crippen LogP contribution in [0.3, 0.4) is 0 Å². The second kappa shape index (κ2) is 16.4. The van der Waals surface area contributed by atoms with Gasteiger partial charge in [-0.15, -0.1) is 0 Å². The molecule has 1 aromatic heterocycles. The predicted octanol–water partition coefficient (Wildman–Crippen LogP) is 5.02. The molecule has 0 aliphatic carbocycles. The molecule has 11 nitrogen and oxygen atoms in total. The van der Waals surface area contributed by atoms with Crippen molar-refractivity contribution >= 4 is 23.5 Å². The van der Waals surface area contributed by atoms with E-state index in [2.05, 4.69) is 16.4 Å². The predicted molar refractivity (Wildman–Crippen MR) is 184 cm³/mol. The molecule has 1 aliphatic rings. The van der Waals surface area contributed by atoms with Crippen LogP contribution in [0.1, 0.15) is 43.7 Å². The van der Waals surface area contributed by atoms with Crippen LogP contribution in [-0.2, 0) is 29.3 Å². The van der Waals surface area contributed by atoms with E-state index in [1.165, 1.54) is 6.20 Å². The highest BCUT2D eigenvalue weighted by atomic mass is 35.5. The van der Waals surface area contributed by atoms with Crippen LogP contribution in [0.15, 0.2) is 67.0 Å². The lowest BCUT2D eigenvalue weighted by Gasteiger charge is -2.27. The fraction of sp³-hybridized carbons (Fsp3) is 0.297. The molecule has 0 radical (unpaired) electrons. The molecule has 4 aromatic rings.